The van der Waals surface area contributed by atoms with E-state index in [0.717, 1.165) is 16.7 Å². The zero-order valence-corrected chi connectivity index (χ0v) is 10.7. The van der Waals surface area contributed by atoms with Gasteiger partial charge in [-0.2, -0.15) is 0 Å². The van der Waals surface area contributed by atoms with E-state index in [-0.39, 0.29) is 12.5 Å². The zero-order chi connectivity index (χ0) is 13.5. The molecule has 0 radical (unpaired) electrons. The van der Waals surface area contributed by atoms with E-state index in [1.54, 1.807) is 6.08 Å². The van der Waals surface area contributed by atoms with Gasteiger partial charge in [-0.3, -0.25) is 0 Å². The maximum atomic E-state index is 9.37. The van der Waals surface area contributed by atoms with Crippen molar-refractivity contribution in [3.63, 3.8) is 0 Å². The van der Waals surface area contributed by atoms with Gasteiger partial charge >= 0.3 is 0 Å². The number of hydrogen-bond acceptors (Lipinski definition) is 1. The molecule has 0 spiro atoms. The van der Waals surface area contributed by atoms with Gasteiger partial charge in [0.15, 0.2) is 0 Å². The van der Waals surface area contributed by atoms with Gasteiger partial charge in [-0.25, -0.2) is 0 Å². The Labute approximate surface area is 114 Å². The first-order valence-corrected chi connectivity index (χ1v) is 6.24. The molecule has 0 saturated heterocycles. The summed E-state index contributed by atoms with van der Waals surface area (Å²) in [4.78, 5) is 0. The highest BCUT2D eigenvalue weighted by molar-refractivity contribution is 5.48. The van der Waals surface area contributed by atoms with E-state index in [2.05, 4.69) is 18.4 Å². The van der Waals surface area contributed by atoms with Crippen molar-refractivity contribution >= 4 is 0 Å². The van der Waals surface area contributed by atoms with E-state index in [1.807, 2.05) is 54.6 Å². The van der Waals surface area contributed by atoms with Crippen molar-refractivity contribution in [2.75, 3.05) is 6.61 Å². The first-order valence-electron chi connectivity index (χ1n) is 6.24. The van der Waals surface area contributed by atoms with Crippen molar-refractivity contribution in [3.8, 4) is 11.8 Å². The maximum absolute atomic E-state index is 9.37. The van der Waals surface area contributed by atoms with Crippen LogP contribution in [0, 0.1) is 11.8 Å². The fourth-order valence-electron chi connectivity index (χ4n) is 1.90. The summed E-state index contributed by atoms with van der Waals surface area (Å²) in [5.41, 5.74) is 2.94. The van der Waals surface area contributed by atoms with Crippen molar-refractivity contribution in [2.24, 2.45) is 0 Å². The minimum absolute atomic E-state index is 0.0491. The third-order valence-corrected chi connectivity index (χ3v) is 2.96. The zero-order valence-electron chi connectivity index (χ0n) is 10.7. The average Bonchev–Trinajstić information content (AvgIpc) is 2.48. The van der Waals surface area contributed by atoms with Crippen molar-refractivity contribution in [3.05, 3.63) is 83.9 Å². The Balaban J connectivity index is 2.36. The predicted octanol–water partition coefficient (Wildman–Crippen LogP) is 3.35. The number of benzene rings is 2. The highest BCUT2D eigenvalue weighted by Crippen LogP contribution is 2.20. The van der Waals surface area contributed by atoms with Crippen molar-refractivity contribution in [1.29, 1.82) is 0 Å². The molecule has 1 atom stereocenters. The fraction of sp³-hybridized carbons (Fsp3) is 0.111. The Morgan fingerprint density at radius 3 is 2.37 bits per heavy atom. The van der Waals surface area contributed by atoms with Gasteiger partial charge in [0.1, 0.15) is 0 Å². The summed E-state index contributed by atoms with van der Waals surface area (Å²) in [6, 6.07) is 17.7. The second kappa shape index (κ2) is 6.58. The third-order valence-electron chi connectivity index (χ3n) is 2.96. The largest absolute Gasteiger partial charge is 0.395 e. The van der Waals surface area contributed by atoms with Gasteiger partial charge in [-0.15, -0.1) is 6.58 Å². The highest BCUT2D eigenvalue weighted by atomic mass is 16.3. The van der Waals surface area contributed by atoms with Crippen LogP contribution in [0.25, 0.3) is 0 Å². The monoisotopic (exact) mass is 248 g/mol. The highest BCUT2D eigenvalue weighted by Gasteiger charge is 2.09. The minimum Gasteiger partial charge on any atom is -0.395 e. The van der Waals surface area contributed by atoms with Gasteiger partial charge in [0.2, 0.25) is 0 Å². The summed E-state index contributed by atoms with van der Waals surface area (Å²) in [7, 11) is 0. The molecular formula is C18H16O. The van der Waals surface area contributed by atoms with Crippen LogP contribution in [0.4, 0.5) is 0 Å². The van der Waals surface area contributed by atoms with Crippen molar-refractivity contribution in [1.82, 2.24) is 0 Å². The number of aliphatic hydroxyl groups excluding tert-OH is 1. The van der Waals surface area contributed by atoms with Gasteiger partial charge < -0.3 is 5.11 Å². The van der Waals surface area contributed by atoms with Crippen LogP contribution in [0.5, 0.6) is 0 Å². The lowest BCUT2D eigenvalue weighted by molar-refractivity contribution is 0.283. The number of aliphatic hydroxyl groups is 1. The lowest BCUT2D eigenvalue weighted by Crippen LogP contribution is -2.02. The molecule has 94 valence electrons. The lowest BCUT2D eigenvalue weighted by Gasteiger charge is -2.11. The molecule has 0 aliphatic rings. The molecule has 19 heavy (non-hydrogen) atoms. The standard InChI is InChI=1S/C18H16O/c1-2-16(14-19)18-11-7-6-10-17(18)13-12-15-8-4-3-5-9-15/h2-11,16,19H,1,14H2. The molecule has 2 rings (SSSR count). The molecule has 0 aromatic heterocycles. The SMILES string of the molecule is C=CC(CO)c1ccccc1C#Cc1ccccc1. The second-order valence-electron chi connectivity index (χ2n) is 4.23. The smallest absolute Gasteiger partial charge is 0.0534 e. The summed E-state index contributed by atoms with van der Waals surface area (Å²) < 4.78 is 0. The summed E-state index contributed by atoms with van der Waals surface area (Å²) in [6.07, 6.45) is 1.75. The van der Waals surface area contributed by atoms with Crippen LogP contribution in [0.15, 0.2) is 67.3 Å². The van der Waals surface area contributed by atoms with Gasteiger partial charge in [0.05, 0.1) is 6.61 Å². The molecule has 0 saturated carbocycles. The lowest BCUT2D eigenvalue weighted by atomic mass is 9.95. The van der Waals surface area contributed by atoms with Crippen molar-refractivity contribution < 1.29 is 5.11 Å². The van der Waals surface area contributed by atoms with Crippen molar-refractivity contribution in [2.45, 2.75) is 5.92 Å². The second-order valence-corrected chi connectivity index (χ2v) is 4.23. The molecule has 1 unspecified atom stereocenters. The van der Waals surface area contributed by atoms with Gasteiger partial charge in [-0.1, -0.05) is 54.3 Å². The third kappa shape index (κ3) is 3.34. The van der Waals surface area contributed by atoms with E-state index >= 15 is 0 Å². The summed E-state index contributed by atoms with van der Waals surface area (Å²) in [6.45, 7) is 3.81. The van der Waals surface area contributed by atoms with E-state index in [9.17, 15) is 5.11 Å². The Morgan fingerprint density at radius 2 is 1.68 bits per heavy atom. The summed E-state index contributed by atoms with van der Waals surface area (Å²) in [5, 5.41) is 9.37. The molecule has 0 amide bonds. The molecule has 2 aromatic carbocycles. The van der Waals surface area contributed by atoms with Gasteiger partial charge in [-0.05, 0) is 23.8 Å². The quantitative estimate of drug-likeness (QED) is 0.652. The molecular weight excluding hydrogens is 232 g/mol. The topological polar surface area (TPSA) is 20.2 Å². The number of rotatable bonds is 3. The molecule has 1 heteroatoms. The van der Waals surface area contributed by atoms with Gasteiger partial charge in [0.25, 0.3) is 0 Å². The molecule has 1 nitrogen and oxygen atoms in total. The normalized spacial score (nSPS) is 11.2. The molecule has 0 aliphatic heterocycles. The summed E-state index contributed by atoms with van der Waals surface area (Å²) in [5.74, 6) is 6.24. The Morgan fingerprint density at radius 1 is 1.00 bits per heavy atom. The van der Waals surface area contributed by atoms with Crippen LogP contribution in [0.3, 0.4) is 0 Å². The average molecular weight is 248 g/mol. The molecule has 0 aliphatic carbocycles. The van der Waals surface area contributed by atoms with E-state index in [0.29, 0.717) is 0 Å². The molecule has 1 N–H and O–H groups in total. The van der Waals surface area contributed by atoms with Crippen LogP contribution < -0.4 is 0 Å². The first kappa shape index (κ1) is 13.1. The van der Waals surface area contributed by atoms with E-state index in [1.165, 1.54) is 0 Å². The minimum atomic E-state index is -0.0683. The molecule has 0 fully saturated rings. The predicted molar refractivity (Wildman–Crippen MR) is 78.9 cm³/mol. The van der Waals surface area contributed by atoms with Crippen LogP contribution in [-0.2, 0) is 0 Å². The molecule has 2 aromatic rings. The first-order chi connectivity index (χ1) is 9.35. The molecule has 0 heterocycles. The van der Waals surface area contributed by atoms with Crippen LogP contribution in [0.1, 0.15) is 22.6 Å². The molecule has 0 bridgehead atoms. The van der Waals surface area contributed by atoms with Crippen LogP contribution in [-0.4, -0.2) is 11.7 Å². The Hall–Kier alpha value is -2.30. The Bertz CT molecular complexity index is 602. The summed E-state index contributed by atoms with van der Waals surface area (Å²) >= 11 is 0. The fourth-order valence-corrected chi connectivity index (χ4v) is 1.90. The van der Waals surface area contributed by atoms with E-state index in [4.69, 9.17) is 0 Å². The Kier molecular flexibility index (Phi) is 4.55. The van der Waals surface area contributed by atoms with Crippen LogP contribution in [0.2, 0.25) is 0 Å². The maximum Gasteiger partial charge on any atom is 0.0534 e. The van der Waals surface area contributed by atoms with Gasteiger partial charge in [0, 0.05) is 17.0 Å². The van der Waals surface area contributed by atoms with E-state index < -0.39 is 0 Å². The van der Waals surface area contributed by atoms with Crippen LogP contribution >= 0.6 is 0 Å². The number of hydrogen-bond donors (Lipinski definition) is 1.